The lowest BCUT2D eigenvalue weighted by atomic mass is 10.2. The van der Waals surface area contributed by atoms with Crippen LogP contribution < -0.4 is 9.47 Å². The Labute approximate surface area is 168 Å². The second kappa shape index (κ2) is 7.15. The smallest absolute Gasteiger partial charge is 0.418 e. The Balaban J connectivity index is 1.49. The number of alkyl halides is 3. The quantitative estimate of drug-likeness (QED) is 0.599. The average Bonchev–Trinajstić information content (AvgIpc) is 3.05. The van der Waals surface area contributed by atoms with Gasteiger partial charge in [0.25, 0.3) is 5.19 Å². The van der Waals surface area contributed by atoms with E-state index in [9.17, 15) is 21.6 Å². The maximum Gasteiger partial charge on any atom is 0.418 e. The van der Waals surface area contributed by atoms with Gasteiger partial charge in [-0.3, -0.25) is 0 Å². The molecule has 0 unspecified atom stereocenters. The third kappa shape index (κ3) is 3.65. The van der Waals surface area contributed by atoms with Crippen molar-refractivity contribution in [2.45, 2.75) is 17.2 Å². The Kier molecular flexibility index (Phi) is 4.91. The summed E-state index contributed by atoms with van der Waals surface area (Å²) in [7, 11) is -2.37. The fourth-order valence-electron chi connectivity index (χ4n) is 2.99. The number of rotatable bonds is 5. The molecule has 0 radical (unpaired) electrons. The first kappa shape index (κ1) is 19.9. The summed E-state index contributed by atoms with van der Waals surface area (Å²) in [5.74, 6) is 0.239. The minimum Gasteiger partial charge on any atom is -0.495 e. The molecule has 1 aliphatic rings. The van der Waals surface area contributed by atoms with Gasteiger partial charge in [-0.2, -0.15) is 17.5 Å². The van der Waals surface area contributed by atoms with Crippen molar-refractivity contribution in [1.29, 1.82) is 0 Å². The highest BCUT2D eigenvalue weighted by atomic mass is 32.2. The SMILES string of the molecule is COc1ccccc1S(=O)(=O)N1CC(Oc2nc3c(C(F)(F)F)cccc3s2)C1. The third-order valence-corrected chi connectivity index (χ3v) is 7.26. The van der Waals surface area contributed by atoms with Crippen molar-refractivity contribution in [2.24, 2.45) is 0 Å². The van der Waals surface area contributed by atoms with E-state index < -0.39 is 27.9 Å². The van der Waals surface area contributed by atoms with Gasteiger partial charge in [0.05, 0.1) is 36.0 Å². The topological polar surface area (TPSA) is 68.7 Å². The summed E-state index contributed by atoms with van der Waals surface area (Å²) < 4.78 is 77.1. The monoisotopic (exact) mass is 444 g/mol. The Bertz CT molecular complexity index is 1160. The van der Waals surface area contributed by atoms with Gasteiger partial charge in [-0.25, -0.2) is 13.4 Å². The lowest BCUT2D eigenvalue weighted by molar-refractivity contribution is -0.136. The van der Waals surface area contributed by atoms with Crippen LogP contribution in [0.5, 0.6) is 10.9 Å². The van der Waals surface area contributed by atoms with E-state index in [1.807, 2.05) is 0 Å². The number of benzene rings is 2. The first-order valence-corrected chi connectivity index (χ1v) is 10.7. The Morgan fingerprint density at radius 3 is 2.55 bits per heavy atom. The number of nitrogens with zero attached hydrogens (tertiary/aromatic N) is 2. The van der Waals surface area contributed by atoms with E-state index in [0.717, 1.165) is 17.4 Å². The van der Waals surface area contributed by atoms with E-state index >= 15 is 0 Å². The highest BCUT2D eigenvalue weighted by Crippen LogP contribution is 2.39. The maximum absolute atomic E-state index is 13.1. The van der Waals surface area contributed by atoms with Crippen molar-refractivity contribution in [3.63, 3.8) is 0 Å². The van der Waals surface area contributed by atoms with E-state index in [1.54, 1.807) is 18.2 Å². The number of sulfonamides is 1. The molecule has 0 bridgehead atoms. The van der Waals surface area contributed by atoms with Crippen LogP contribution >= 0.6 is 11.3 Å². The van der Waals surface area contributed by atoms with Crippen molar-refractivity contribution >= 4 is 31.6 Å². The number of hydrogen-bond acceptors (Lipinski definition) is 6. The molecule has 6 nitrogen and oxygen atoms in total. The number of fused-ring (bicyclic) bond motifs is 1. The molecule has 0 atom stereocenters. The van der Waals surface area contributed by atoms with Gasteiger partial charge in [-0.1, -0.05) is 29.5 Å². The molecule has 2 aromatic carbocycles. The van der Waals surface area contributed by atoms with Gasteiger partial charge in [0.1, 0.15) is 16.7 Å². The van der Waals surface area contributed by atoms with Gasteiger partial charge in [-0.05, 0) is 24.3 Å². The second-order valence-corrected chi connectivity index (χ2v) is 9.24. The molecule has 0 spiro atoms. The van der Waals surface area contributed by atoms with E-state index in [2.05, 4.69) is 4.98 Å². The van der Waals surface area contributed by atoms with Gasteiger partial charge >= 0.3 is 6.18 Å². The van der Waals surface area contributed by atoms with Crippen LogP contribution in [0.2, 0.25) is 0 Å². The maximum atomic E-state index is 13.1. The number of thiazole rings is 1. The van der Waals surface area contributed by atoms with Crippen LogP contribution in [0.4, 0.5) is 13.2 Å². The zero-order valence-corrected chi connectivity index (χ0v) is 16.6. The largest absolute Gasteiger partial charge is 0.495 e. The van der Waals surface area contributed by atoms with Crippen LogP contribution in [0.3, 0.4) is 0 Å². The summed E-state index contributed by atoms with van der Waals surface area (Å²) in [4.78, 5) is 4.01. The summed E-state index contributed by atoms with van der Waals surface area (Å²) in [6, 6.07) is 10.1. The molecule has 0 amide bonds. The molecular weight excluding hydrogens is 429 g/mol. The highest BCUT2D eigenvalue weighted by molar-refractivity contribution is 7.89. The normalized spacial score (nSPS) is 16.0. The molecule has 29 heavy (non-hydrogen) atoms. The molecule has 0 saturated carbocycles. The van der Waals surface area contributed by atoms with Crippen molar-refractivity contribution in [3.8, 4) is 10.9 Å². The van der Waals surface area contributed by atoms with E-state index in [4.69, 9.17) is 9.47 Å². The zero-order valence-electron chi connectivity index (χ0n) is 15.0. The number of hydrogen-bond donors (Lipinski definition) is 0. The molecule has 3 aromatic rings. The fraction of sp³-hybridized carbons (Fsp3) is 0.278. The molecule has 1 fully saturated rings. The molecule has 2 heterocycles. The van der Waals surface area contributed by atoms with Crippen LogP contribution in [0, 0.1) is 0 Å². The van der Waals surface area contributed by atoms with Gasteiger partial charge in [0.15, 0.2) is 0 Å². The highest BCUT2D eigenvalue weighted by Gasteiger charge is 2.40. The fourth-order valence-corrected chi connectivity index (χ4v) is 5.56. The number of methoxy groups -OCH3 is 1. The van der Waals surface area contributed by atoms with Gasteiger partial charge in [-0.15, -0.1) is 0 Å². The van der Waals surface area contributed by atoms with Crippen LogP contribution in [0.25, 0.3) is 10.2 Å². The number of halogens is 3. The molecule has 1 aromatic heterocycles. The summed E-state index contributed by atoms with van der Waals surface area (Å²) in [6.07, 6.45) is -5.00. The van der Waals surface area contributed by atoms with Crippen LogP contribution in [0.15, 0.2) is 47.4 Å². The summed E-state index contributed by atoms with van der Waals surface area (Å²) in [5.41, 5.74) is -0.993. The van der Waals surface area contributed by atoms with Gasteiger partial charge < -0.3 is 9.47 Å². The molecule has 0 aliphatic carbocycles. The first-order chi connectivity index (χ1) is 13.7. The van der Waals surface area contributed by atoms with Crippen LogP contribution in [-0.2, 0) is 16.2 Å². The molecule has 1 aliphatic heterocycles. The molecule has 4 rings (SSSR count). The van der Waals surface area contributed by atoms with Crippen LogP contribution in [-0.4, -0.2) is 44.0 Å². The van der Waals surface area contributed by atoms with E-state index in [-0.39, 0.29) is 34.4 Å². The summed E-state index contributed by atoms with van der Waals surface area (Å²) in [5, 5.41) is 0.0797. The molecule has 154 valence electrons. The predicted molar refractivity (Wildman–Crippen MR) is 101 cm³/mol. The van der Waals surface area contributed by atoms with Gasteiger partial charge in [0, 0.05) is 0 Å². The Morgan fingerprint density at radius 1 is 1.14 bits per heavy atom. The zero-order chi connectivity index (χ0) is 20.8. The summed E-state index contributed by atoms with van der Waals surface area (Å²) >= 11 is 0.995. The summed E-state index contributed by atoms with van der Waals surface area (Å²) in [6.45, 7) is 0.144. The second-order valence-electron chi connectivity index (χ2n) is 6.34. The standard InChI is InChI=1S/C18H15F3N2O4S2/c1-26-13-6-2-3-8-15(13)29(24,25)23-9-11(10-23)27-17-22-16-12(18(19,20)21)5-4-7-14(16)28-17/h2-8,11H,9-10H2,1H3. The minimum absolute atomic E-state index is 0.0516. The first-order valence-electron chi connectivity index (χ1n) is 8.46. The van der Waals surface area contributed by atoms with Gasteiger partial charge in [0.2, 0.25) is 10.0 Å². The molecular formula is C18H15F3N2O4S2. The number of aromatic nitrogens is 1. The van der Waals surface area contributed by atoms with Crippen molar-refractivity contribution < 1.29 is 31.1 Å². The van der Waals surface area contributed by atoms with Crippen molar-refractivity contribution in [2.75, 3.05) is 20.2 Å². The van der Waals surface area contributed by atoms with E-state index in [0.29, 0.717) is 4.70 Å². The number of para-hydroxylation sites is 2. The Morgan fingerprint density at radius 2 is 1.86 bits per heavy atom. The Hall–Kier alpha value is -2.37. The van der Waals surface area contributed by atoms with E-state index in [1.165, 1.54) is 29.6 Å². The number of ether oxygens (including phenoxy) is 2. The van der Waals surface area contributed by atoms with Crippen molar-refractivity contribution in [3.05, 3.63) is 48.0 Å². The molecule has 11 heteroatoms. The average molecular weight is 444 g/mol. The lowest BCUT2D eigenvalue weighted by Gasteiger charge is -2.37. The van der Waals surface area contributed by atoms with Crippen molar-refractivity contribution in [1.82, 2.24) is 9.29 Å². The molecule has 0 N–H and O–H groups in total. The van der Waals surface area contributed by atoms with Crippen LogP contribution in [0.1, 0.15) is 5.56 Å². The predicted octanol–water partition coefficient (Wildman–Crippen LogP) is 3.78. The minimum atomic E-state index is -4.51. The lowest BCUT2D eigenvalue weighted by Crippen LogP contribution is -2.55. The molecule has 1 saturated heterocycles. The third-order valence-electron chi connectivity index (χ3n) is 4.47.